The van der Waals surface area contributed by atoms with Gasteiger partial charge in [-0.2, -0.15) is 0 Å². The lowest BCUT2D eigenvalue weighted by Gasteiger charge is -2.21. The van der Waals surface area contributed by atoms with E-state index in [0.29, 0.717) is 12.1 Å². The van der Waals surface area contributed by atoms with Crippen LogP contribution in [0.2, 0.25) is 0 Å². The molecule has 2 aromatic rings. The minimum absolute atomic E-state index is 0.306. The third-order valence-electron chi connectivity index (χ3n) is 2.88. The standard InChI is InChI=1S/C14H18N2S/c1-3-13(12-7-5-4-6-8-12)16-11(2)14-15-9-10-17-14/h4-11,13,16H,3H2,1-2H3. The molecule has 1 N–H and O–H groups in total. The van der Waals surface area contributed by atoms with Crippen molar-refractivity contribution in [3.8, 4) is 0 Å². The van der Waals surface area contributed by atoms with Crippen molar-refractivity contribution in [3.05, 3.63) is 52.5 Å². The van der Waals surface area contributed by atoms with Crippen molar-refractivity contribution in [3.63, 3.8) is 0 Å². The van der Waals surface area contributed by atoms with Crippen LogP contribution in [0.15, 0.2) is 41.9 Å². The maximum atomic E-state index is 4.35. The first-order chi connectivity index (χ1) is 8.31. The van der Waals surface area contributed by atoms with Gasteiger partial charge in [-0.1, -0.05) is 37.3 Å². The monoisotopic (exact) mass is 246 g/mol. The summed E-state index contributed by atoms with van der Waals surface area (Å²) < 4.78 is 0. The number of hydrogen-bond acceptors (Lipinski definition) is 3. The summed E-state index contributed by atoms with van der Waals surface area (Å²) >= 11 is 1.71. The van der Waals surface area contributed by atoms with Crippen LogP contribution in [-0.2, 0) is 0 Å². The molecule has 2 rings (SSSR count). The first-order valence-electron chi connectivity index (χ1n) is 6.01. The zero-order valence-electron chi connectivity index (χ0n) is 10.3. The number of nitrogens with zero attached hydrogens (tertiary/aromatic N) is 1. The quantitative estimate of drug-likeness (QED) is 0.864. The van der Waals surface area contributed by atoms with Gasteiger partial charge in [0.05, 0.1) is 6.04 Å². The molecule has 0 saturated carbocycles. The average molecular weight is 246 g/mol. The molecule has 0 spiro atoms. The molecule has 0 amide bonds. The van der Waals surface area contributed by atoms with E-state index in [-0.39, 0.29) is 0 Å². The molecule has 0 fully saturated rings. The fourth-order valence-corrected chi connectivity index (χ4v) is 2.61. The van der Waals surface area contributed by atoms with E-state index in [1.165, 1.54) is 5.56 Å². The second kappa shape index (κ2) is 5.94. The van der Waals surface area contributed by atoms with E-state index in [1.807, 2.05) is 11.6 Å². The van der Waals surface area contributed by atoms with Crippen LogP contribution in [0, 0.1) is 0 Å². The van der Waals surface area contributed by atoms with Crippen molar-refractivity contribution in [1.82, 2.24) is 10.3 Å². The van der Waals surface area contributed by atoms with Gasteiger partial charge >= 0.3 is 0 Å². The second-order valence-electron chi connectivity index (χ2n) is 4.13. The number of hydrogen-bond donors (Lipinski definition) is 1. The highest BCUT2D eigenvalue weighted by Gasteiger charge is 2.14. The molecule has 1 aromatic heterocycles. The van der Waals surface area contributed by atoms with Crippen LogP contribution in [0.4, 0.5) is 0 Å². The highest BCUT2D eigenvalue weighted by molar-refractivity contribution is 7.09. The number of benzene rings is 1. The van der Waals surface area contributed by atoms with Crippen LogP contribution in [0.25, 0.3) is 0 Å². The smallest absolute Gasteiger partial charge is 0.109 e. The third kappa shape index (κ3) is 3.14. The maximum absolute atomic E-state index is 4.35. The fraction of sp³-hybridized carbons (Fsp3) is 0.357. The average Bonchev–Trinajstić information content (AvgIpc) is 2.90. The summed E-state index contributed by atoms with van der Waals surface area (Å²) in [6.07, 6.45) is 2.95. The van der Waals surface area contributed by atoms with Crippen molar-refractivity contribution in [2.45, 2.75) is 32.4 Å². The summed E-state index contributed by atoms with van der Waals surface area (Å²) in [7, 11) is 0. The molecule has 2 atom stereocenters. The Labute approximate surface area is 107 Å². The molecule has 0 aliphatic heterocycles. The summed E-state index contributed by atoms with van der Waals surface area (Å²) in [4.78, 5) is 4.35. The first-order valence-corrected chi connectivity index (χ1v) is 6.89. The molecule has 0 aliphatic rings. The van der Waals surface area contributed by atoms with Crippen LogP contribution in [0.1, 0.15) is 42.9 Å². The molecule has 1 heterocycles. The van der Waals surface area contributed by atoms with Crippen LogP contribution in [0.3, 0.4) is 0 Å². The molecule has 0 aliphatic carbocycles. The van der Waals surface area contributed by atoms with Crippen molar-refractivity contribution in [1.29, 1.82) is 0 Å². The van der Waals surface area contributed by atoms with Crippen LogP contribution >= 0.6 is 11.3 Å². The van der Waals surface area contributed by atoms with Crippen LogP contribution in [0.5, 0.6) is 0 Å². The van der Waals surface area contributed by atoms with E-state index in [0.717, 1.165) is 11.4 Å². The largest absolute Gasteiger partial charge is 0.301 e. The molecule has 2 unspecified atom stereocenters. The zero-order chi connectivity index (χ0) is 12.1. The molecular weight excluding hydrogens is 228 g/mol. The zero-order valence-corrected chi connectivity index (χ0v) is 11.1. The fourth-order valence-electron chi connectivity index (χ4n) is 1.96. The van der Waals surface area contributed by atoms with Gasteiger partial charge in [-0.05, 0) is 18.9 Å². The van der Waals surface area contributed by atoms with Gasteiger partial charge in [0.15, 0.2) is 0 Å². The molecular formula is C14H18N2S. The molecule has 0 saturated heterocycles. The Morgan fingerprint density at radius 3 is 2.65 bits per heavy atom. The summed E-state index contributed by atoms with van der Waals surface area (Å²) in [6, 6.07) is 11.3. The molecule has 0 bridgehead atoms. The van der Waals surface area contributed by atoms with Crippen LogP contribution in [-0.4, -0.2) is 4.98 Å². The minimum Gasteiger partial charge on any atom is -0.301 e. The summed E-state index contributed by atoms with van der Waals surface area (Å²) in [5.74, 6) is 0. The van der Waals surface area contributed by atoms with Gasteiger partial charge in [-0.25, -0.2) is 4.98 Å². The van der Waals surface area contributed by atoms with Crippen LogP contribution < -0.4 is 5.32 Å². The highest BCUT2D eigenvalue weighted by atomic mass is 32.1. The van der Waals surface area contributed by atoms with E-state index >= 15 is 0 Å². The summed E-state index contributed by atoms with van der Waals surface area (Å²) in [5, 5.41) is 6.81. The number of rotatable bonds is 5. The van der Waals surface area contributed by atoms with Crippen molar-refractivity contribution in [2.75, 3.05) is 0 Å². The Hall–Kier alpha value is -1.19. The predicted molar refractivity (Wildman–Crippen MR) is 73.1 cm³/mol. The Bertz CT molecular complexity index is 425. The lowest BCUT2D eigenvalue weighted by Crippen LogP contribution is -2.24. The number of thiazole rings is 1. The van der Waals surface area contributed by atoms with Crippen molar-refractivity contribution >= 4 is 11.3 Å². The molecule has 0 radical (unpaired) electrons. The Balaban J connectivity index is 2.06. The van der Waals surface area contributed by atoms with E-state index in [1.54, 1.807) is 11.3 Å². The second-order valence-corrected chi connectivity index (χ2v) is 5.06. The molecule has 2 nitrogen and oxygen atoms in total. The van der Waals surface area contributed by atoms with Gasteiger partial charge in [0, 0.05) is 17.6 Å². The number of aromatic nitrogens is 1. The van der Waals surface area contributed by atoms with Gasteiger partial charge in [0.2, 0.25) is 0 Å². The van der Waals surface area contributed by atoms with E-state index in [9.17, 15) is 0 Å². The summed E-state index contributed by atoms with van der Waals surface area (Å²) in [5.41, 5.74) is 1.35. The van der Waals surface area contributed by atoms with E-state index in [2.05, 4.69) is 54.5 Å². The van der Waals surface area contributed by atoms with Gasteiger partial charge in [-0.3, -0.25) is 0 Å². The topological polar surface area (TPSA) is 24.9 Å². The normalized spacial score (nSPS) is 14.5. The van der Waals surface area contributed by atoms with Crippen molar-refractivity contribution in [2.24, 2.45) is 0 Å². The van der Waals surface area contributed by atoms with Gasteiger partial charge in [-0.15, -0.1) is 11.3 Å². The third-order valence-corrected chi connectivity index (χ3v) is 3.84. The maximum Gasteiger partial charge on any atom is 0.109 e. The number of nitrogens with one attached hydrogen (secondary N) is 1. The Kier molecular flexibility index (Phi) is 4.29. The first kappa shape index (κ1) is 12.3. The predicted octanol–water partition coefficient (Wildman–Crippen LogP) is 3.95. The minimum atomic E-state index is 0.306. The SMILES string of the molecule is CCC(NC(C)c1nccs1)c1ccccc1. The lowest BCUT2D eigenvalue weighted by molar-refractivity contribution is 0.455. The van der Waals surface area contributed by atoms with E-state index < -0.39 is 0 Å². The molecule has 3 heteroatoms. The van der Waals surface area contributed by atoms with Gasteiger partial charge in [0.1, 0.15) is 5.01 Å². The Morgan fingerprint density at radius 2 is 2.06 bits per heavy atom. The highest BCUT2D eigenvalue weighted by Crippen LogP contribution is 2.22. The van der Waals surface area contributed by atoms with Crippen molar-refractivity contribution < 1.29 is 0 Å². The Morgan fingerprint density at radius 1 is 1.29 bits per heavy atom. The van der Waals surface area contributed by atoms with Gasteiger partial charge in [0.25, 0.3) is 0 Å². The molecule has 1 aromatic carbocycles. The molecule has 17 heavy (non-hydrogen) atoms. The molecule has 90 valence electrons. The van der Waals surface area contributed by atoms with Gasteiger partial charge < -0.3 is 5.32 Å². The van der Waals surface area contributed by atoms with E-state index in [4.69, 9.17) is 0 Å². The summed E-state index contributed by atoms with van der Waals surface area (Å²) in [6.45, 7) is 4.38. The lowest BCUT2D eigenvalue weighted by atomic mass is 10.0.